The van der Waals surface area contributed by atoms with Gasteiger partial charge in [-0.2, -0.15) is 0 Å². The summed E-state index contributed by atoms with van der Waals surface area (Å²) in [6.45, 7) is 4.53. The highest BCUT2D eigenvalue weighted by molar-refractivity contribution is 6.31. The van der Waals surface area contributed by atoms with E-state index >= 15 is 0 Å². The van der Waals surface area contributed by atoms with Gasteiger partial charge in [-0.25, -0.2) is 4.79 Å². The molecule has 1 rings (SSSR count). The Bertz CT molecular complexity index is 398. The van der Waals surface area contributed by atoms with Crippen LogP contribution in [0.1, 0.15) is 37.3 Å². The summed E-state index contributed by atoms with van der Waals surface area (Å²) in [6, 6.07) is 7.83. The Morgan fingerprint density at radius 2 is 1.88 bits per heavy atom. The van der Waals surface area contributed by atoms with Gasteiger partial charge >= 0.3 is 11.9 Å². The van der Waals surface area contributed by atoms with Crippen molar-refractivity contribution in [3.63, 3.8) is 0 Å². The van der Waals surface area contributed by atoms with Crippen LogP contribution in [0, 0.1) is 0 Å². The van der Waals surface area contributed by atoms with Crippen LogP contribution >= 0.6 is 0 Å². The Balaban J connectivity index is 2.57. The number of carbonyl (C=O) groups is 2. The zero-order valence-electron chi connectivity index (χ0n) is 10.1. The molecular formula is C13H17NO3. The number of carbonyl (C=O) groups excluding carboxylic acids is 1. The Morgan fingerprint density at radius 1 is 1.29 bits per heavy atom. The third-order valence-electron chi connectivity index (χ3n) is 2.81. The van der Waals surface area contributed by atoms with Crippen LogP contribution in [0.4, 0.5) is 0 Å². The molecule has 1 atom stereocenters. The van der Waals surface area contributed by atoms with Gasteiger partial charge in [0.15, 0.2) is 0 Å². The van der Waals surface area contributed by atoms with E-state index in [4.69, 9.17) is 5.11 Å². The fraction of sp³-hybridized carbons (Fsp3) is 0.385. The molecular weight excluding hydrogens is 218 g/mol. The van der Waals surface area contributed by atoms with Crippen LogP contribution in [0.25, 0.3) is 0 Å². The fourth-order valence-electron chi connectivity index (χ4n) is 1.46. The van der Waals surface area contributed by atoms with Gasteiger partial charge in [0.2, 0.25) is 0 Å². The van der Waals surface area contributed by atoms with Crippen molar-refractivity contribution >= 4 is 11.9 Å². The molecule has 0 saturated carbocycles. The Hall–Kier alpha value is -1.84. The molecule has 0 heterocycles. The number of benzene rings is 1. The average Bonchev–Trinajstić information content (AvgIpc) is 2.35. The summed E-state index contributed by atoms with van der Waals surface area (Å²) in [5.74, 6) is -1.92. The first kappa shape index (κ1) is 13.2. The summed E-state index contributed by atoms with van der Waals surface area (Å²) in [4.78, 5) is 21.1. The number of aliphatic carboxylic acids is 1. The summed E-state index contributed by atoms with van der Waals surface area (Å²) in [7, 11) is 0. The molecule has 1 aromatic rings. The minimum atomic E-state index is -1.46. The van der Waals surface area contributed by atoms with Crippen molar-refractivity contribution in [2.45, 2.75) is 32.7 Å². The number of carboxylic acid groups (broad SMARTS) is 1. The van der Waals surface area contributed by atoms with Crippen LogP contribution < -0.4 is 5.32 Å². The molecule has 0 aliphatic rings. The average molecular weight is 235 g/mol. The zero-order valence-corrected chi connectivity index (χ0v) is 10.1. The second kappa shape index (κ2) is 6.03. The maximum Gasteiger partial charge on any atom is 0.394 e. The third-order valence-corrected chi connectivity index (χ3v) is 2.81. The third kappa shape index (κ3) is 3.90. The van der Waals surface area contributed by atoms with E-state index in [-0.39, 0.29) is 6.54 Å². The van der Waals surface area contributed by atoms with E-state index in [9.17, 15) is 9.59 Å². The molecule has 0 fully saturated rings. The number of amides is 1. The minimum absolute atomic E-state index is 0.242. The van der Waals surface area contributed by atoms with Gasteiger partial charge in [0.05, 0.1) is 0 Å². The van der Waals surface area contributed by atoms with E-state index < -0.39 is 11.9 Å². The van der Waals surface area contributed by atoms with Crippen LogP contribution in [0.15, 0.2) is 24.3 Å². The fourth-order valence-corrected chi connectivity index (χ4v) is 1.46. The number of carboxylic acids is 1. The van der Waals surface area contributed by atoms with Crippen molar-refractivity contribution in [3.8, 4) is 0 Å². The maximum absolute atomic E-state index is 10.8. The first-order chi connectivity index (χ1) is 8.04. The summed E-state index contributed by atoms with van der Waals surface area (Å²) < 4.78 is 0. The van der Waals surface area contributed by atoms with E-state index in [0.29, 0.717) is 5.92 Å². The number of rotatable bonds is 4. The highest BCUT2D eigenvalue weighted by atomic mass is 16.4. The van der Waals surface area contributed by atoms with Crippen molar-refractivity contribution in [1.82, 2.24) is 5.32 Å². The molecule has 92 valence electrons. The zero-order chi connectivity index (χ0) is 12.8. The van der Waals surface area contributed by atoms with Crippen molar-refractivity contribution in [2.75, 3.05) is 0 Å². The summed E-state index contributed by atoms with van der Waals surface area (Å²) >= 11 is 0. The molecule has 2 N–H and O–H groups in total. The molecule has 0 bridgehead atoms. The lowest BCUT2D eigenvalue weighted by atomic mass is 9.98. The van der Waals surface area contributed by atoms with Crippen LogP contribution in [0.5, 0.6) is 0 Å². The first-order valence-electron chi connectivity index (χ1n) is 5.64. The second-order valence-electron chi connectivity index (χ2n) is 4.04. The molecule has 17 heavy (non-hydrogen) atoms. The predicted molar refractivity (Wildman–Crippen MR) is 64.6 cm³/mol. The van der Waals surface area contributed by atoms with E-state index in [2.05, 4.69) is 19.2 Å². The van der Waals surface area contributed by atoms with Gasteiger partial charge in [0.25, 0.3) is 0 Å². The molecule has 0 aliphatic heterocycles. The standard InChI is InChI=1S/C13H17NO3/c1-3-9(2)11-6-4-10(5-7-11)8-14-12(15)13(16)17/h4-7,9H,3,8H2,1-2H3,(H,14,15)(H,16,17). The quantitative estimate of drug-likeness (QED) is 0.783. The molecule has 0 aromatic heterocycles. The normalized spacial score (nSPS) is 11.9. The summed E-state index contributed by atoms with van der Waals surface area (Å²) in [5, 5.41) is 10.7. The van der Waals surface area contributed by atoms with Gasteiger partial charge in [0.1, 0.15) is 0 Å². The van der Waals surface area contributed by atoms with Crippen molar-refractivity contribution in [1.29, 1.82) is 0 Å². The van der Waals surface area contributed by atoms with Gasteiger partial charge in [-0.15, -0.1) is 0 Å². The topological polar surface area (TPSA) is 66.4 Å². The highest BCUT2D eigenvalue weighted by Crippen LogP contribution is 2.18. The van der Waals surface area contributed by atoms with Crippen LogP contribution in [0.2, 0.25) is 0 Å². The smallest absolute Gasteiger partial charge is 0.394 e. The van der Waals surface area contributed by atoms with Crippen molar-refractivity contribution in [3.05, 3.63) is 35.4 Å². The van der Waals surface area contributed by atoms with Crippen LogP contribution in [-0.4, -0.2) is 17.0 Å². The lowest BCUT2D eigenvalue weighted by Gasteiger charge is -2.09. The molecule has 0 aliphatic carbocycles. The first-order valence-corrected chi connectivity index (χ1v) is 5.64. The predicted octanol–water partition coefficient (Wildman–Crippen LogP) is 1.90. The molecule has 0 radical (unpaired) electrons. The van der Waals surface area contributed by atoms with E-state index in [1.807, 2.05) is 24.3 Å². The summed E-state index contributed by atoms with van der Waals surface area (Å²) in [5.41, 5.74) is 2.15. The molecule has 0 spiro atoms. The lowest BCUT2D eigenvalue weighted by Crippen LogP contribution is -2.30. The van der Waals surface area contributed by atoms with Gasteiger partial charge in [0, 0.05) is 6.54 Å². The van der Waals surface area contributed by atoms with E-state index in [1.165, 1.54) is 5.56 Å². The summed E-state index contributed by atoms with van der Waals surface area (Å²) in [6.07, 6.45) is 1.08. The van der Waals surface area contributed by atoms with Gasteiger partial charge in [-0.05, 0) is 23.5 Å². The molecule has 4 nitrogen and oxygen atoms in total. The monoisotopic (exact) mass is 235 g/mol. The molecule has 1 aromatic carbocycles. The Kier molecular flexibility index (Phi) is 4.69. The lowest BCUT2D eigenvalue weighted by molar-refractivity contribution is -0.150. The Morgan fingerprint density at radius 3 is 2.35 bits per heavy atom. The minimum Gasteiger partial charge on any atom is -0.474 e. The maximum atomic E-state index is 10.8. The largest absolute Gasteiger partial charge is 0.474 e. The molecule has 4 heteroatoms. The van der Waals surface area contributed by atoms with Crippen LogP contribution in [-0.2, 0) is 16.1 Å². The molecule has 1 unspecified atom stereocenters. The van der Waals surface area contributed by atoms with Crippen molar-refractivity contribution in [2.24, 2.45) is 0 Å². The number of hydrogen-bond acceptors (Lipinski definition) is 2. The van der Waals surface area contributed by atoms with Gasteiger partial charge in [-0.1, -0.05) is 38.1 Å². The second-order valence-corrected chi connectivity index (χ2v) is 4.04. The van der Waals surface area contributed by atoms with E-state index in [0.717, 1.165) is 12.0 Å². The number of hydrogen-bond donors (Lipinski definition) is 2. The number of nitrogens with one attached hydrogen (secondary N) is 1. The molecule has 1 amide bonds. The van der Waals surface area contributed by atoms with Gasteiger partial charge in [-0.3, -0.25) is 4.79 Å². The van der Waals surface area contributed by atoms with E-state index in [1.54, 1.807) is 0 Å². The van der Waals surface area contributed by atoms with Crippen LogP contribution in [0.3, 0.4) is 0 Å². The van der Waals surface area contributed by atoms with Gasteiger partial charge < -0.3 is 10.4 Å². The molecule has 0 saturated heterocycles. The Labute approximate surface area is 101 Å². The van der Waals surface area contributed by atoms with Crippen molar-refractivity contribution < 1.29 is 14.7 Å². The highest BCUT2D eigenvalue weighted by Gasteiger charge is 2.09. The SMILES string of the molecule is CCC(C)c1ccc(CNC(=O)C(=O)O)cc1.